The fourth-order valence-corrected chi connectivity index (χ4v) is 2.59. The molecule has 1 nitrogen and oxygen atoms in total. The molecule has 0 atom stereocenters. The molecule has 1 aromatic rings. The molecule has 1 aliphatic heterocycles. The van der Waals surface area contributed by atoms with Gasteiger partial charge in [0.25, 0.3) is 0 Å². The number of rotatable bonds is 2. The lowest BCUT2D eigenvalue weighted by molar-refractivity contribution is 0.693. The summed E-state index contributed by atoms with van der Waals surface area (Å²) in [6.45, 7) is 13.2. The number of aryl methyl sites for hydroxylation is 1. The minimum Gasteiger partial charge on any atom is -0.343 e. The van der Waals surface area contributed by atoms with Gasteiger partial charge in [0.05, 0.1) is 0 Å². The molecule has 0 saturated heterocycles. The summed E-state index contributed by atoms with van der Waals surface area (Å²) in [4.78, 5) is 2.39. The molecule has 0 aliphatic carbocycles. The largest absolute Gasteiger partial charge is 0.343 e. The minimum atomic E-state index is 0.490. The minimum absolute atomic E-state index is 0.490. The summed E-state index contributed by atoms with van der Waals surface area (Å²) in [5, 5.41) is 0. The van der Waals surface area contributed by atoms with Crippen molar-refractivity contribution in [1.29, 1.82) is 0 Å². The zero-order chi connectivity index (χ0) is 12.6. The molecule has 0 aromatic heterocycles. The predicted octanol–water partition coefficient (Wildman–Crippen LogP) is 4.48. The number of hydrogen-bond acceptors (Lipinski definition) is 1. The highest BCUT2D eigenvalue weighted by atomic mass is 15.2. The van der Waals surface area contributed by atoms with Gasteiger partial charge in [0.2, 0.25) is 0 Å². The summed E-state index contributed by atoms with van der Waals surface area (Å²) in [6.07, 6.45) is 2.22. The molecule has 0 bridgehead atoms. The van der Waals surface area contributed by atoms with E-state index in [0.29, 0.717) is 12.0 Å². The summed E-state index contributed by atoms with van der Waals surface area (Å²) >= 11 is 0. The summed E-state index contributed by atoms with van der Waals surface area (Å²) in [6, 6.07) is 7.41. The van der Waals surface area contributed by atoms with Crippen LogP contribution in [-0.4, -0.2) is 6.04 Å². The number of benzene rings is 1. The second kappa shape index (κ2) is 4.56. The van der Waals surface area contributed by atoms with Crippen molar-refractivity contribution >= 4 is 5.69 Å². The summed E-state index contributed by atoms with van der Waals surface area (Å²) in [5.74, 6) is 0.588. The maximum Gasteiger partial charge on any atom is 0.0445 e. The molecule has 0 radical (unpaired) electrons. The molecule has 17 heavy (non-hydrogen) atoms. The average Bonchev–Trinajstić information content (AvgIpc) is 2.27. The van der Waals surface area contributed by atoms with Crippen LogP contribution in [0.1, 0.15) is 51.2 Å². The number of hydrogen-bond donors (Lipinski definition) is 0. The van der Waals surface area contributed by atoms with Gasteiger partial charge in [-0.2, -0.15) is 0 Å². The monoisotopic (exact) mass is 229 g/mol. The third-order valence-corrected chi connectivity index (χ3v) is 3.58. The topological polar surface area (TPSA) is 3.24 Å². The van der Waals surface area contributed by atoms with E-state index in [-0.39, 0.29) is 0 Å². The van der Waals surface area contributed by atoms with Gasteiger partial charge in [-0.15, -0.1) is 0 Å². The Morgan fingerprint density at radius 2 is 1.82 bits per heavy atom. The maximum absolute atomic E-state index is 4.22. The van der Waals surface area contributed by atoms with Crippen molar-refractivity contribution in [2.24, 2.45) is 0 Å². The second-order valence-corrected chi connectivity index (χ2v) is 5.57. The molecule has 0 fully saturated rings. The van der Waals surface area contributed by atoms with E-state index in [2.05, 4.69) is 57.4 Å². The molecule has 2 rings (SSSR count). The van der Waals surface area contributed by atoms with Crippen molar-refractivity contribution in [2.75, 3.05) is 4.90 Å². The zero-order valence-corrected chi connectivity index (χ0v) is 11.5. The molecular weight excluding hydrogens is 206 g/mol. The lowest BCUT2D eigenvalue weighted by atomic mass is 9.93. The zero-order valence-electron chi connectivity index (χ0n) is 11.5. The molecule has 0 spiro atoms. The van der Waals surface area contributed by atoms with Crippen LogP contribution in [0.5, 0.6) is 0 Å². The van der Waals surface area contributed by atoms with Gasteiger partial charge >= 0.3 is 0 Å². The third kappa shape index (κ3) is 2.24. The molecule has 0 N–H and O–H groups in total. The van der Waals surface area contributed by atoms with Crippen molar-refractivity contribution in [1.82, 2.24) is 0 Å². The van der Waals surface area contributed by atoms with Gasteiger partial charge in [-0.1, -0.05) is 32.6 Å². The van der Waals surface area contributed by atoms with Crippen molar-refractivity contribution in [3.8, 4) is 0 Å². The van der Waals surface area contributed by atoms with Crippen LogP contribution in [0.2, 0.25) is 0 Å². The van der Waals surface area contributed by atoms with Crippen molar-refractivity contribution in [3.63, 3.8) is 0 Å². The fraction of sp³-hybridized carbons (Fsp3) is 0.500. The Hall–Kier alpha value is -1.24. The van der Waals surface area contributed by atoms with E-state index >= 15 is 0 Å². The van der Waals surface area contributed by atoms with Crippen LogP contribution in [0, 0.1) is 0 Å². The van der Waals surface area contributed by atoms with Crippen LogP contribution in [0.25, 0.3) is 0 Å². The third-order valence-electron chi connectivity index (χ3n) is 3.58. The van der Waals surface area contributed by atoms with E-state index in [9.17, 15) is 0 Å². The maximum atomic E-state index is 4.22. The van der Waals surface area contributed by atoms with E-state index in [1.165, 1.54) is 22.5 Å². The van der Waals surface area contributed by atoms with Crippen LogP contribution in [-0.2, 0) is 6.42 Å². The van der Waals surface area contributed by atoms with E-state index in [1.807, 2.05) is 0 Å². The first-order chi connectivity index (χ1) is 8.00. The van der Waals surface area contributed by atoms with Crippen molar-refractivity contribution < 1.29 is 0 Å². The quantitative estimate of drug-likeness (QED) is 0.722. The molecule has 1 heterocycles. The normalized spacial score (nSPS) is 15.6. The van der Waals surface area contributed by atoms with E-state index < -0.39 is 0 Å². The molecule has 1 heteroatoms. The van der Waals surface area contributed by atoms with Crippen LogP contribution in [0.3, 0.4) is 0 Å². The Bertz CT molecular complexity index is 429. The predicted molar refractivity (Wildman–Crippen MR) is 75.6 cm³/mol. The molecule has 1 aliphatic rings. The van der Waals surface area contributed by atoms with Gasteiger partial charge in [0.15, 0.2) is 0 Å². The van der Waals surface area contributed by atoms with Gasteiger partial charge in [-0.25, -0.2) is 0 Å². The highest BCUT2D eigenvalue weighted by Gasteiger charge is 2.22. The summed E-state index contributed by atoms with van der Waals surface area (Å²) in [7, 11) is 0. The summed E-state index contributed by atoms with van der Waals surface area (Å²) in [5.41, 5.74) is 5.52. The molecular formula is C16H23N. The molecule has 0 amide bonds. The standard InChI is InChI=1S/C16H23N/c1-11(2)15-9-8-14-7-6-13(5)17(12(3)4)16(14)10-15/h8-12H,5-7H2,1-4H3. The Balaban J connectivity index is 2.48. The van der Waals surface area contributed by atoms with Crippen molar-refractivity contribution in [3.05, 3.63) is 41.6 Å². The first kappa shape index (κ1) is 12.2. The van der Waals surface area contributed by atoms with Crippen LogP contribution >= 0.6 is 0 Å². The Morgan fingerprint density at radius 1 is 1.12 bits per heavy atom. The van der Waals surface area contributed by atoms with Gasteiger partial charge in [0, 0.05) is 17.4 Å². The van der Waals surface area contributed by atoms with Crippen LogP contribution in [0.15, 0.2) is 30.5 Å². The molecule has 0 unspecified atom stereocenters. The van der Waals surface area contributed by atoms with Gasteiger partial charge in [-0.3, -0.25) is 0 Å². The molecule has 1 aromatic carbocycles. The molecule has 0 saturated carbocycles. The lowest BCUT2D eigenvalue weighted by Crippen LogP contribution is -2.33. The number of nitrogens with zero attached hydrogens (tertiary/aromatic N) is 1. The second-order valence-electron chi connectivity index (χ2n) is 5.57. The first-order valence-electron chi connectivity index (χ1n) is 6.60. The van der Waals surface area contributed by atoms with Gasteiger partial charge < -0.3 is 4.90 Å². The lowest BCUT2D eigenvalue weighted by Gasteiger charge is -2.37. The fourth-order valence-electron chi connectivity index (χ4n) is 2.59. The Kier molecular flexibility index (Phi) is 3.28. The van der Waals surface area contributed by atoms with Crippen LogP contribution < -0.4 is 4.90 Å². The van der Waals surface area contributed by atoms with E-state index in [4.69, 9.17) is 0 Å². The van der Waals surface area contributed by atoms with Gasteiger partial charge in [-0.05, 0) is 49.8 Å². The summed E-state index contributed by atoms with van der Waals surface area (Å²) < 4.78 is 0. The average molecular weight is 229 g/mol. The van der Waals surface area contributed by atoms with Crippen LogP contribution in [0.4, 0.5) is 5.69 Å². The van der Waals surface area contributed by atoms with E-state index in [0.717, 1.165) is 12.8 Å². The Morgan fingerprint density at radius 3 is 2.41 bits per heavy atom. The highest BCUT2D eigenvalue weighted by molar-refractivity contribution is 5.62. The smallest absolute Gasteiger partial charge is 0.0445 e. The first-order valence-corrected chi connectivity index (χ1v) is 6.60. The molecule has 92 valence electrons. The SMILES string of the molecule is C=C1CCc2ccc(C(C)C)cc2N1C(C)C. The number of anilines is 1. The number of fused-ring (bicyclic) bond motifs is 1. The van der Waals surface area contributed by atoms with Crippen molar-refractivity contribution in [2.45, 2.75) is 52.5 Å². The Labute approximate surface area is 105 Å². The van der Waals surface area contributed by atoms with E-state index in [1.54, 1.807) is 0 Å². The van der Waals surface area contributed by atoms with Gasteiger partial charge in [0.1, 0.15) is 0 Å². The highest BCUT2D eigenvalue weighted by Crippen LogP contribution is 2.35. The number of allylic oxidation sites excluding steroid dienone is 1.